The highest BCUT2D eigenvalue weighted by Crippen LogP contribution is 2.40. The summed E-state index contributed by atoms with van der Waals surface area (Å²) in [6, 6.07) is 0.869. The van der Waals surface area contributed by atoms with Gasteiger partial charge in [0, 0.05) is 31.7 Å². The highest BCUT2D eigenvalue weighted by Gasteiger charge is 2.46. The first-order chi connectivity index (χ1) is 8.89. The lowest BCUT2D eigenvalue weighted by Gasteiger charge is -2.36. The van der Waals surface area contributed by atoms with E-state index in [2.05, 4.69) is 10.3 Å². The number of halogens is 5. The van der Waals surface area contributed by atoms with Crippen molar-refractivity contribution in [3.63, 3.8) is 0 Å². The zero-order chi connectivity index (χ0) is 14.0. The molecule has 2 rings (SSSR count). The molecule has 0 unspecified atom stereocenters. The monoisotopic (exact) mass is 313 g/mol. The van der Waals surface area contributed by atoms with Crippen LogP contribution in [0.2, 0.25) is 10.3 Å². The Labute approximate surface area is 118 Å². The van der Waals surface area contributed by atoms with E-state index >= 15 is 0 Å². The Morgan fingerprint density at radius 1 is 1.21 bits per heavy atom. The maximum Gasteiger partial charge on any atom is 0.408 e. The first-order valence-electron chi connectivity index (χ1n) is 5.73. The topological polar surface area (TPSA) is 28.2 Å². The molecule has 0 saturated carbocycles. The lowest BCUT2D eigenvalue weighted by molar-refractivity contribution is -0.187. The average Bonchev–Trinajstić information content (AvgIpc) is 2.32. The van der Waals surface area contributed by atoms with E-state index in [0.717, 1.165) is 0 Å². The normalized spacial score (nSPS) is 19.4. The van der Waals surface area contributed by atoms with Gasteiger partial charge >= 0.3 is 6.18 Å². The van der Waals surface area contributed by atoms with Crippen LogP contribution in [0.5, 0.6) is 0 Å². The van der Waals surface area contributed by atoms with Crippen molar-refractivity contribution < 1.29 is 13.2 Å². The van der Waals surface area contributed by atoms with Crippen molar-refractivity contribution in [2.45, 2.75) is 12.2 Å². The van der Waals surface area contributed by atoms with Gasteiger partial charge in [0.1, 0.15) is 16.3 Å². The molecule has 3 nitrogen and oxygen atoms in total. The molecule has 0 aromatic carbocycles. The number of nitrogens with zero attached hydrogens (tertiary/aromatic N) is 2. The lowest BCUT2D eigenvalue weighted by atomic mass is 10.1. The minimum Gasteiger partial charge on any atom is -0.314 e. The highest BCUT2D eigenvalue weighted by molar-refractivity contribution is 6.32. The van der Waals surface area contributed by atoms with E-state index in [1.165, 1.54) is 17.0 Å². The van der Waals surface area contributed by atoms with Crippen LogP contribution in [0.25, 0.3) is 0 Å². The second-order valence-electron chi connectivity index (χ2n) is 4.24. The van der Waals surface area contributed by atoms with Crippen molar-refractivity contribution in [2.75, 3.05) is 26.2 Å². The summed E-state index contributed by atoms with van der Waals surface area (Å²) in [5.41, 5.74) is -0.0551. The number of rotatable bonds is 2. The second kappa shape index (κ2) is 5.83. The molecule has 0 spiro atoms. The van der Waals surface area contributed by atoms with Gasteiger partial charge in [-0.3, -0.25) is 4.90 Å². The molecule has 2 heterocycles. The maximum absolute atomic E-state index is 13.3. The fourth-order valence-electron chi connectivity index (χ4n) is 2.15. The van der Waals surface area contributed by atoms with Gasteiger partial charge in [-0.25, -0.2) is 4.98 Å². The third-order valence-corrected chi connectivity index (χ3v) is 3.48. The average molecular weight is 314 g/mol. The molecule has 1 N–H and O–H groups in total. The third kappa shape index (κ3) is 3.51. The van der Waals surface area contributed by atoms with Crippen molar-refractivity contribution in [3.8, 4) is 0 Å². The third-order valence-electron chi connectivity index (χ3n) is 2.96. The van der Waals surface area contributed by atoms with E-state index in [1.807, 2.05) is 0 Å². The Morgan fingerprint density at radius 3 is 2.37 bits per heavy atom. The molecule has 1 atom stereocenters. The molecule has 1 fully saturated rings. The number of alkyl halides is 3. The molecular formula is C11H12Cl2F3N3. The van der Waals surface area contributed by atoms with Crippen LogP contribution in [0, 0.1) is 0 Å². The van der Waals surface area contributed by atoms with Crippen LogP contribution in [0.3, 0.4) is 0 Å². The van der Waals surface area contributed by atoms with Gasteiger partial charge < -0.3 is 5.32 Å². The highest BCUT2D eigenvalue weighted by atomic mass is 35.5. The molecule has 1 aliphatic rings. The zero-order valence-electron chi connectivity index (χ0n) is 9.84. The van der Waals surface area contributed by atoms with E-state index in [-0.39, 0.29) is 15.9 Å². The SMILES string of the molecule is FC(F)(F)[C@@H](c1ccc(Cl)nc1Cl)N1CCNCC1. The van der Waals surface area contributed by atoms with Crippen LogP contribution >= 0.6 is 23.2 Å². The molecule has 1 aliphatic heterocycles. The van der Waals surface area contributed by atoms with Crippen LogP contribution < -0.4 is 5.32 Å². The van der Waals surface area contributed by atoms with Crippen molar-refractivity contribution in [1.82, 2.24) is 15.2 Å². The summed E-state index contributed by atoms with van der Waals surface area (Å²) < 4.78 is 39.9. The van der Waals surface area contributed by atoms with E-state index in [1.54, 1.807) is 0 Å². The van der Waals surface area contributed by atoms with Gasteiger partial charge in [0.05, 0.1) is 0 Å². The van der Waals surface area contributed by atoms with Gasteiger partial charge in [-0.1, -0.05) is 29.3 Å². The smallest absolute Gasteiger partial charge is 0.314 e. The molecule has 0 bridgehead atoms. The fraction of sp³-hybridized carbons (Fsp3) is 0.545. The van der Waals surface area contributed by atoms with Crippen molar-refractivity contribution >= 4 is 23.2 Å². The summed E-state index contributed by atoms with van der Waals surface area (Å²) in [7, 11) is 0. The van der Waals surface area contributed by atoms with Crippen LogP contribution in [0.15, 0.2) is 12.1 Å². The Balaban J connectivity index is 2.36. The summed E-state index contributed by atoms with van der Waals surface area (Å²) >= 11 is 11.4. The number of hydrogen-bond donors (Lipinski definition) is 1. The van der Waals surface area contributed by atoms with Crippen molar-refractivity contribution in [3.05, 3.63) is 28.0 Å². The van der Waals surface area contributed by atoms with Crippen LogP contribution in [-0.2, 0) is 0 Å². The van der Waals surface area contributed by atoms with E-state index in [0.29, 0.717) is 26.2 Å². The number of aromatic nitrogens is 1. The van der Waals surface area contributed by atoms with Crippen LogP contribution in [0.1, 0.15) is 11.6 Å². The predicted molar refractivity (Wildman–Crippen MR) is 67.5 cm³/mol. The minimum atomic E-state index is -4.41. The standard InChI is InChI=1S/C11H12Cl2F3N3/c12-8-2-1-7(10(13)18-8)9(11(14,15)16)19-5-3-17-4-6-19/h1-2,9,17H,3-6H2/t9-/m1/s1. The first-order valence-corrected chi connectivity index (χ1v) is 6.48. The largest absolute Gasteiger partial charge is 0.408 e. The Morgan fingerprint density at radius 2 is 1.84 bits per heavy atom. The van der Waals surface area contributed by atoms with E-state index in [9.17, 15) is 13.2 Å². The maximum atomic E-state index is 13.3. The van der Waals surface area contributed by atoms with Crippen LogP contribution in [-0.4, -0.2) is 42.2 Å². The number of hydrogen-bond acceptors (Lipinski definition) is 3. The summed E-state index contributed by atoms with van der Waals surface area (Å²) in [6.45, 7) is 1.66. The molecule has 1 aromatic heterocycles. The summed E-state index contributed by atoms with van der Waals surface area (Å²) in [6.07, 6.45) is -4.41. The lowest BCUT2D eigenvalue weighted by Crippen LogP contribution is -2.49. The van der Waals surface area contributed by atoms with Crippen molar-refractivity contribution in [1.29, 1.82) is 0 Å². The predicted octanol–water partition coefficient (Wildman–Crippen LogP) is 2.90. The van der Waals surface area contributed by atoms with Crippen LogP contribution in [0.4, 0.5) is 13.2 Å². The van der Waals surface area contributed by atoms with Crippen molar-refractivity contribution in [2.24, 2.45) is 0 Å². The Kier molecular flexibility index (Phi) is 4.55. The summed E-state index contributed by atoms with van der Waals surface area (Å²) in [5.74, 6) is 0. The number of pyridine rings is 1. The Bertz CT molecular complexity index is 447. The molecule has 1 aromatic rings. The Hall–Kier alpha value is -0.560. The van der Waals surface area contributed by atoms with Gasteiger partial charge in [-0.05, 0) is 6.07 Å². The summed E-state index contributed by atoms with van der Waals surface area (Å²) in [5, 5.41) is 2.90. The molecule has 1 saturated heterocycles. The van der Waals surface area contributed by atoms with Gasteiger partial charge in [0.15, 0.2) is 0 Å². The molecule has 106 valence electrons. The second-order valence-corrected chi connectivity index (χ2v) is 4.99. The molecule has 0 radical (unpaired) electrons. The molecule has 19 heavy (non-hydrogen) atoms. The zero-order valence-corrected chi connectivity index (χ0v) is 11.4. The van der Waals surface area contributed by atoms with E-state index in [4.69, 9.17) is 23.2 Å². The molecule has 0 aliphatic carbocycles. The number of piperazine rings is 1. The van der Waals surface area contributed by atoms with Gasteiger partial charge in [0.2, 0.25) is 0 Å². The fourth-order valence-corrected chi connectivity index (χ4v) is 2.60. The van der Waals surface area contributed by atoms with Gasteiger partial charge in [-0.15, -0.1) is 0 Å². The van der Waals surface area contributed by atoms with E-state index < -0.39 is 12.2 Å². The molecular weight excluding hydrogens is 302 g/mol. The van der Waals surface area contributed by atoms with Gasteiger partial charge in [0.25, 0.3) is 0 Å². The quantitative estimate of drug-likeness (QED) is 0.851. The number of nitrogens with one attached hydrogen (secondary N) is 1. The minimum absolute atomic E-state index is 0.0551. The van der Waals surface area contributed by atoms with Gasteiger partial charge in [-0.2, -0.15) is 13.2 Å². The molecule has 8 heteroatoms. The first kappa shape index (κ1) is 14.8. The summed E-state index contributed by atoms with van der Waals surface area (Å²) in [4.78, 5) is 5.05. The molecule has 0 amide bonds.